The Balaban J connectivity index is 1.98. The predicted molar refractivity (Wildman–Crippen MR) is 85.0 cm³/mol. The molecule has 0 saturated heterocycles. The van der Waals surface area contributed by atoms with Crippen molar-refractivity contribution in [3.63, 3.8) is 0 Å². The fourth-order valence-corrected chi connectivity index (χ4v) is 3.34. The average Bonchev–Trinajstić information content (AvgIpc) is 3.02. The molecule has 0 aliphatic rings. The van der Waals surface area contributed by atoms with E-state index in [9.17, 15) is 5.11 Å². The summed E-state index contributed by atoms with van der Waals surface area (Å²) in [4.78, 5) is 6.53. The number of ether oxygens (including phenoxy) is 1. The van der Waals surface area contributed by atoms with E-state index in [1.54, 1.807) is 11.3 Å². The van der Waals surface area contributed by atoms with Crippen LogP contribution in [-0.4, -0.2) is 21.1 Å². The summed E-state index contributed by atoms with van der Waals surface area (Å²) in [6.45, 7) is 4.89. The lowest BCUT2D eigenvalue weighted by Gasteiger charge is -2.06. The van der Waals surface area contributed by atoms with Gasteiger partial charge in [-0.3, -0.25) is 4.40 Å². The molecule has 3 rings (SSSR count). The van der Waals surface area contributed by atoms with Crippen LogP contribution in [0.3, 0.4) is 0 Å². The molecule has 0 aliphatic heterocycles. The fourth-order valence-electron chi connectivity index (χ4n) is 2.34. The lowest BCUT2D eigenvalue weighted by molar-refractivity contribution is 0.277. The second kappa shape index (κ2) is 5.87. The van der Waals surface area contributed by atoms with Gasteiger partial charge in [0.1, 0.15) is 5.75 Å². The van der Waals surface area contributed by atoms with Gasteiger partial charge in [0, 0.05) is 11.1 Å². The molecule has 0 spiro atoms. The van der Waals surface area contributed by atoms with Crippen molar-refractivity contribution in [3.05, 3.63) is 41.0 Å². The molecule has 2 aromatic heterocycles. The number of fused-ring (bicyclic) bond motifs is 1. The molecule has 0 atom stereocenters. The van der Waals surface area contributed by atoms with Crippen molar-refractivity contribution < 1.29 is 9.84 Å². The minimum absolute atomic E-state index is 0.0311. The van der Waals surface area contributed by atoms with Gasteiger partial charge in [-0.1, -0.05) is 6.92 Å². The van der Waals surface area contributed by atoms with Gasteiger partial charge in [-0.15, -0.1) is 11.3 Å². The van der Waals surface area contributed by atoms with E-state index in [1.165, 1.54) is 4.88 Å². The van der Waals surface area contributed by atoms with Crippen LogP contribution in [0, 0.1) is 6.92 Å². The zero-order valence-corrected chi connectivity index (χ0v) is 13.0. The van der Waals surface area contributed by atoms with Crippen molar-refractivity contribution in [2.24, 2.45) is 0 Å². The summed E-state index contributed by atoms with van der Waals surface area (Å²) in [7, 11) is 0. The van der Waals surface area contributed by atoms with Gasteiger partial charge in [0.15, 0.2) is 4.96 Å². The van der Waals surface area contributed by atoms with Crippen LogP contribution >= 0.6 is 11.3 Å². The Morgan fingerprint density at radius 2 is 2.05 bits per heavy atom. The van der Waals surface area contributed by atoms with Crippen LogP contribution < -0.4 is 4.74 Å². The third-order valence-electron chi connectivity index (χ3n) is 3.30. The van der Waals surface area contributed by atoms with E-state index >= 15 is 0 Å². The second-order valence-corrected chi connectivity index (χ2v) is 6.10. The van der Waals surface area contributed by atoms with E-state index in [4.69, 9.17) is 4.74 Å². The maximum Gasteiger partial charge on any atom is 0.194 e. The number of aliphatic hydroxyl groups is 1. The number of aryl methyl sites for hydroxylation is 1. The van der Waals surface area contributed by atoms with E-state index in [0.717, 1.165) is 35.0 Å². The second-order valence-electron chi connectivity index (χ2n) is 4.92. The van der Waals surface area contributed by atoms with E-state index in [0.29, 0.717) is 5.69 Å². The van der Waals surface area contributed by atoms with E-state index in [-0.39, 0.29) is 6.61 Å². The highest BCUT2D eigenvalue weighted by Gasteiger charge is 2.13. The molecule has 0 aliphatic carbocycles. The highest BCUT2D eigenvalue weighted by atomic mass is 32.1. The molecular weight excluding hydrogens is 284 g/mol. The Hall–Kier alpha value is -1.85. The monoisotopic (exact) mass is 302 g/mol. The van der Waals surface area contributed by atoms with Crippen LogP contribution in [0.25, 0.3) is 16.2 Å². The first-order valence-electron chi connectivity index (χ1n) is 7.04. The van der Waals surface area contributed by atoms with Crippen molar-refractivity contribution in [3.8, 4) is 17.0 Å². The smallest absolute Gasteiger partial charge is 0.194 e. The molecule has 4 nitrogen and oxygen atoms in total. The molecule has 0 fully saturated rings. The molecule has 3 aromatic rings. The highest BCUT2D eigenvalue weighted by Crippen LogP contribution is 2.32. The fraction of sp³-hybridized carbons (Fsp3) is 0.312. The van der Waals surface area contributed by atoms with E-state index in [2.05, 4.69) is 31.0 Å². The quantitative estimate of drug-likeness (QED) is 0.782. The maximum absolute atomic E-state index is 9.22. The minimum atomic E-state index is -0.0311. The zero-order valence-electron chi connectivity index (χ0n) is 12.2. The predicted octanol–water partition coefficient (Wildman–Crippen LogP) is 3.65. The summed E-state index contributed by atoms with van der Waals surface area (Å²) in [5.74, 6) is 0.895. The van der Waals surface area contributed by atoms with Gasteiger partial charge >= 0.3 is 0 Å². The number of imidazole rings is 1. The lowest BCUT2D eigenvalue weighted by atomic mass is 10.1. The standard InChI is InChI=1S/C16H18N2O2S/c1-3-8-20-14-6-4-12(5-7-14)15-11(2)21-16-17-13(10-19)9-18(15)16/h4-7,9,19H,3,8,10H2,1-2H3. The first-order chi connectivity index (χ1) is 10.2. The lowest BCUT2D eigenvalue weighted by Crippen LogP contribution is -1.94. The Kier molecular flexibility index (Phi) is 3.94. The Labute approximate surface area is 127 Å². The molecular formula is C16H18N2O2S. The third kappa shape index (κ3) is 2.66. The zero-order chi connectivity index (χ0) is 14.8. The van der Waals surface area contributed by atoms with Gasteiger partial charge < -0.3 is 9.84 Å². The van der Waals surface area contributed by atoms with Crippen molar-refractivity contribution in [1.82, 2.24) is 9.38 Å². The van der Waals surface area contributed by atoms with E-state index in [1.807, 2.05) is 22.7 Å². The summed E-state index contributed by atoms with van der Waals surface area (Å²) in [5.41, 5.74) is 2.96. The number of benzene rings is 1. The number of thiazole rings is 1. The van der Waals surface area contributed by atoms with Crippen molar-refractivity contribution in [1.29, 1.82) is 0 Å². The molecule has 0 radical (unpaired) electrons. The molecule has 0 saturated carbocycles. The summed E-state index contributed by atoms with van der Waals surface area (Å²) in [6.07, 6.45) is 2.90. The van der Waals surface area contributed by atoms with Crippen LogP contribution in [0.5, 0.6) is 5.75 Å². The van der Waals surface area contributed by atoms with Crippen LogP contribution in [0.4, 0.5) is 0 Å². The normalized spacial score (nSPS) is 11.2. The van der Waals surface area contributed by atoms with Crippen LogP contribution in [0.15, 0.2) is 30.5 Å². The molecule has 21 heavy (non-hydrogen) atoms. The van der Waals surface area contributed by atoms with Gasteiger partial charge in [-0.05, 0) is 43.2 Å². The van der Waals surface area contributed by atoms with Crippen molar-refractivity contribution >= 4 is 16.3 Å². The molecule has 110 valence electrons. The molecule has 2 heterocycles. The number of nitrogens with zero attached hydrogens (tertiary/aromatic N) is 2. The molecule has 0 bridgehead atoms. The highest BCUT2D eigenvalue weighted by molar-refractivity contribution is 7.17. The topological polar surface area (TPSA) is 46.8 Å². The molecule has 1 N–H and O–H groups in total. The van der Waals surface area contributed by atoms with Gasteiger partial charge in [0.05, 0.1) is 24.6 Å². The first kappa shape index (κ1) is 14.1. The maximum atomic E-state index is 9.22. The number of rotatable bonds is 5. The summed E-state index contributed by atoms with van der Waals surface area (Å²) in [6, 6.07) is 8.13. The molecule has 0 amide bonds. The molecule has 1 aromatic carbocycles. The Bertz CT molecular complexity index is 744. The minimum Gasteiger partial charge on any atom is -0.494 e. The molecule has 0 unspecified atom stereocenters. The summed E-state index contributed by atoms with van der Waals surface area (Å²) < 4.78 is 7.67. The van der Waals surface area contributed by atoms with Crippen LogP contribution in [0.2, 0.25) is 0 Å². The third-order valence-corrected chi connectivity index (χ3v) is 4.27. The Morgan fingerprint density at radius 3 is 2.71 bits per heavy atom. The van der Waals surface area contributed by atoms with Gasteiger partial charge in [0.25, 0.3) is 0 Å². The number of hydrogen-bond donors (Lipinski definition) is 1. The largest absolute Gasteiger partial charge is 0.494 e. The SMILES string of the molecule is CCCOc1ccc(-c2c(C)sc3nc(CO)cn23)cc1. The summed E-state index contributed by atoms with van der Waals surface area (Å²) in [5, 5.41) is 9.22. The first-order valence-corrected chi connectivity index (χ1v) is 7.86. The number of hydrogen-bond acceptors (Lipinski definition) is 4. The Morgan fingerprint density at radius 1 is 1.29 bits per heavy atom. The van der Waals surface area contributed by atoms with Gasteiger partial charge in [-0.2, -0.15) is 0 Å². The van der Waals surface area contributed by atoms with Gasteiger partial charge in [0.2, 0.25) is 0 Å². The molecule has 5 heteroatoms. The van der Waals surface area contributed by atoms with Crippen molar-refractivity contribution in [2.75, 3.05) is 6.61 Å². The van der Waals surface area contributed by atoms with Gasteiger partial charge in [-0.25, -0.2) is 4.98 Å². The van der Waals surface area contributed by atoms with Crippen LogP contribution in [-0.2, 0) is 6.61 Å². The average molecular weight is 302 g/mol. The van der Waals surface area contributed by atoms with E-state index < -0.39 is 0 Å². The van der Waals surface area contributed by atoms with Crippen LogP contribution in [0.1, 0.15) is 23.9 Å². The van der Waals surface area contributed by atoms with Crippen molar-refractivity contribution in [2.45, 2.75) is 26.9 Å². The number of aliphatic hydroxyl groups excluding tert-OH is 1. The summed E-state index contributed by atoms with van der Waals surface area (Å²) >= 11 is 1.64. The number of aromatic nitrogens is 2.